The van der Waals surface area contributed by atoms with E-state index in [0.717, 1.165) is 37.9 Å². The van der Waals surface area contributed by atoms with Crippen LogP contribution in [0.5, 0.6) is 11.5 Å². The number of benzene rings is 2. The second-order valence-electron chi connectivity index (χ2n) is 7.57. The van der Waals surface area contributed by atoms with Crippen molar-refractivity contribution in [3.05, 3.63) is 52.8 Å². The Balaban J connectivity index is 1.26. The number of likely N-dealkylation sites (tertiary alicyclic amines) is 1. The minimum atomic E-state index is -0.201. The molecule has 1 fully saturated rings. The zero-order chi connectivity index (χ0) is 20.2. The lowest BCUT2D eigenvalue weighted by Crippen LogP contribution is -2.39. The van der Waals surface area contributed by atoms with Crippen LogP contribution in [0.4, 0.5) is 10.1 Å². The fraction of sp³-hybridized carbons (Fsp3) is 0.409. The number of hydrogen-bond acceptors (Lipinski definition) is 4. The Labute approximate surface area is 174 Å². The molecule has 0 spiro atoms. The van der Waals surface area contributed by atoms with E-state index in [2.05, 4.69) is 10.2 Å². The minimum Gasteiger partial charge on any atom is -0.486 e. The smallest absolute Gasteiger partial charge is 0.238 e. The summed E-state index contributed by atoms with van der Waals surface area (Å²) in [5.41, 5.74) is 1.70. The molecule has 2 aromatic carbocycles. The van der Waals surface area contributed by atoms with Crippen molar-refractivity contribution < 1.29 is 18.7 Å². The molecule has 0 saturated carbocycles. The van der Waals surface area contributed by atoms with E-state index < -0.39 is 0 Å². The van der Waals surface area contributed by atoms with Crippen LogP contribution in [0.2, 0.25) is 5.02 Å². The predicted molar refractivity (Wildman–Crippen MR) is 110 cm³/mol. The molecule has 154 valence electrons. The molecule has 0 radical (unpaired) electrons. The van der Waals surface area contributed by atoms with E-state index in [9.17, 15) is 9.18 Å². The molecule has 7 heteroatoms. The van der Waals surface area contributed by atoms with E-state index in [1.54, 1.807) is 12.1 Å². The first kappa shape index (κ1) is 20.0. The molecule has 2 aliphatic rings. The average Bonchev–Trinajstić information content (AvgIpc) is 2.72. The molecule has 0 atom stereocenters. The van der Waals surface area contributed by atoms with Gasteiger partial charge in [0, 0.05) is 12.1 Å². The minimum absolute atomic E-state index is 0.0967. The van der Waals surface area contributed by atoms with Crippen molar-refractivity contribution >= 4 is 23.2 Å². The van der Waals surface area contributed by atoms with Crippen molar-refractivity contribution in [3.63, 3.8) is 0 Å². The van der Waals surface area contributed by atoms with Gasteiger partial charge in [0.15, 0.2) is 11.5 Å². The lowest BCUT2D eigenvalue weighted by Gasteiger charge is -2.31. The van der Waals surface area contributed by atoms with Crippen molar-refractivity contribution in [2.75, 3.05) is 38.2 Å². The number of nitrogens with zero attached hydrogens (tertiary/aromatic N) is 1. The predicted octanol–water partition coefficient (Wildman–Crippen LogP) is 4.14. The molecule has 1 saturated heterocycles. The highest BCUT2D eigenvalue weighted by molar-refractivity contribution is 6.34. The van der Waals surface area contributed by atoms with Crippen LogP contribution in [0.3, 0.4) is 0 Å². The van der Waals surface area contributed by atoms with Crippen LogP contribution in [-0.2, 0) is 11.2 Å². The normalized spacial score (nSPS) is 17.2. The van der Waals surface area contributed by atoms with Crippen LogP contribution in [0.25, 0.3) is 0 Å². The van der Waals surface area contributed by atoms with Gasteiger partial charge in [-0.15, -0.1) is 0 Å². The maximum atomic E-state index is 13.0. The Kier molecular flexibility index (Phi) is 6.21. The number of piperidine rings is 1. The third kappa shape index (κ3) is 5.19. The van der Waals surface area contributed by atoms with Gasteiger partial charge in [-0.2, -0.15) is 0 Å². The number of rotatable bonds is 5. The van der Waals surface area contributed by atoms with Gasteiger partial charge in [0.25, 0.3) is 0 Å². The lowest BCUT2D eigenvalue weighted by atomic mass is 9.90. The molecular weight excluding hydrogens is 395 g/mol. The molecule has 1 amide bonds. The molecule has 2 aliphatic heterocycles. The Morgan fingerprint density at radius 2 is 1.76 bits per heavy atom. The van der Waals surface area contributed by atoms with Crippen LogP contribution in [-0.4, -0.2) is 43.7 Å². The van der Waals surface area contributed by atoms with E-state index in [1.807, 2.05) is 12.1 Å². The first-order chi connectivity index (χ1) is 14.1. The third-order valence-corrected chi connectivity index (χ3v) is 5.73. The molecule has 4 rings (SSSR count). The number of hydrogen-bond donors (Lipinski definition) is 1. The SMILES string of the molecule is O=C(CN1CCC(Cc2ccc(F)cc2)CC1)Nc1cc2c(cc1Cl)OCCO2. The molecule has 0 aliphatic carbocycles. The van der Waals surface area contributed by atoms with E-state index in [0.29, 0.717) is 47.9 Å². The topological polar surface area (TPSA) is 50.8 Å². The highest BCUT2D eigenvalue weighted by Crippen LogP contribution is 2.38. The summed E-state index contributed by atoms with van der Waals surface area (Å²) in [6.45, 7) is 3.04. The quantitative estimate of drug-likeness (QED) is 0.792. The summed E-state index contributed by atoms with van der Waals surface area (Å²) in [5, 5.41) is 3.31. The number of halogens is 2. The fourth-order valence-electron chi connectivity index (χ4n) is 3.86. The summed E-state index contributed by atoms with van der Waals surface area (Å²) in [7, 11) is 0. The van der Waals surface area contributed by atoms with Crippen LogP contribution in [0.1, 0.15) is 18.4 Å². The van der Waals surface area contributed by atoms with Crippen LogP contribution in [0.15, 0.2) is 36.4 Å². The summed E-state index contributed by atoms with van der Waals surface area (Å²) in [4.78, 5) is 14.6. The first-order valence-electron chi connectivity index (χ1n) is 9.92. The maximum Gasteiger partial charge on any atom is 0.238 e. The van der Waals surface area contributed by atoms with Crippen molar-refractivity contribution in [1.82, 2.24) is 4.90 Å². The Morgan fingerprint density at radius 3 is 2.45 bits per heavy atom. The molecule has 29 heavy (non-hydrogen) atoms. The standard InChI is InChI=1S/C22H24ClFN2O3/c23-18-12-20-21(29-10-9-28-20)13-19(18)25-22(27)14-26-7-5-16(6-8-26)11-15-1-3-17(24)4-2-15/h1-4,12-13,16H,5-11,14H2,(H,25,27). The summed E-state index contributed by atoms with van der Waals surface area (Å²) >= 11 is 6.27. The number of ether oxygens (including phenoxy) is 2. The van der Waals surface area contributed by atoms with E-state index in [4.69, 9.17) is 21.1 Å². The zero-order valence-electron chi connectivity index (χ0n) is 16.1. The van der Waals surface area contributed by atoms with Crippen LogP contribution < -0.4 is 14.8 Å². The maximum absolute atomic E-state index is 13.0. The van der Waals surface area contributed by atoms with Gasteiger partial charge in [0.05, 0.1) is 17.3 Å². The van der Waals surface area contributed by atoms with Crippen molar-refractivity contribution in [1.29, 1.82) is 0 Å². The molecule has 0 unspecified atom stereocenters. The second-order valence-corrected chi connectivity index (χ2v) is 7.98. The third-order valence-electron chi connectivity index (χ3n) is 5.42. The van der Waals surface area contributed by atoms with Gasteiger partial charge in [-0.05, 0) is 56.0 Å². The van der Waals surface area contributed by atoms with Gasteiger partial charge in [-0.25, -0.2) is 4.39 Å². The number of anilines is 1. The van der Waals surface area contributed by atoms with Crippen molar-refractivity contribution in [2.45, 2.75) is 19.3 Å². The number of carbonyl (C=O) groups excluding carboxylic acids is 1. The molecule has 0 aromatic heterocycles. The zero-order valence-corrected chi connectivity index (χ0v) is 16.9. The number of fused-ring (bicyclic) bond motifs is 1. The highest BCUT2D eigenvalue weighted by atomic mass is 35.5. The largest absolute Gasteiger partial charge is 0.486 e. The Morgan fingerprint density at radius 1 is 1.10 bits per heavy atom. The van der Waals surface area contributed by atoms with Gasteiger partial charge in [-0.3, -0.25) is 9.69 Å². The van der Waals surface area contributed by atoms with Crippen LogP contribution in [0, 0.1) is 11.7 Å². The lowest BCUT2D eigenvalue weighted by molar-refractivity contribution is -0.117. The Bertz CT molecular complexity index is 867. The molecule has 0 bridgehead atoms. The molecule has 2 aromatic rings. The van der Waals surface area contributed by atoms with E-state index in [1.165, 1.54) is 12.1 Å². The molecule has 2 heterocycles. The van der Waals surface area contributed by atoms with Crippen molar-refractivity contribution in [3.8, 4) is 11.5 Å². The van der Waals surface area contributed by atoms with Gasteiger partial charge in [0.2, 0.25) is 5.91 Å². The molecular formula is C22H24ClFN2O3. The summed E-state index contributed by atoms with van der Waals surface area (Å²) in [6, 6.07) is 10.1. The number of nitrogens with one attached hydrogen (secondary N) is 1. The molecule has 5 nitrogen and oxygen atoms in total. The van der Waals surface area contributed by atoms with E-state index in [-0.39, 0.29) is 11.7 Å². The summed E-state index contributed by atoms with van der Waals surface area (Å²) in [5.74, 6) is 1.46. The highest BCUT2D eigenvalue weighted by Gasteiger charge is 2.22. The number of carbonyl (C=O) groups is 1. The Hall–Kier alpha value is -2.31. The van der Waals surface area contributed by atoms with Crippen molar-refractivity contribution in [2.24, 2.45) is 5.92 Å². The molecule has 1 N–H and O–H groups in total. The van der Waals surface area contributed by atoms with Gasteiger partial charge in [0.1, 0.15) is 19.0 Å². The summed E-state index contributed by atoms with van der Waals surface area (Å²) in [6.07, 6.45) is 3.00. The number of amides is 1. The van der Waals surface area contributed by atoms with Gasteiger partial charge in [-0.1, -0.05) is 23.7 Å². The second kappa shape index (κ2) is 9.01. The first-order valence-corrected chi connectivity index (χ1v) is 10.3. The monoisotopic (exact) mass is 418 g/mol. The summed E-state index contributed by atoms with van der Waals surface area (Å²) < 4.78 is 24.1. The fourth-order valence-corrected chi connectivity index (χ4v) is 4.06. The van der Waals surface area contributed by atoms with Gasteiger partial charge < -0.3 is 14.8 Å². The van der Waals surface area contributed by atoms with E-state index >= 15 is 0 Å². The average molecular weight is 419 g/mol. The van der Waals surface area contributed by atoms with Crippen LogP contribution >= 0.6 is 11.6 Å². The van der Waals surface area contributed by atoms with Gasteiger partial charge >= 0.3 is 0 Å².